The molecule has 0 aromatic heterocycles. The van der Waals surface area contributed by atoms with E-state index in [1.807, 2.05) is 0 Å². The summed E-state index contributed by atoms with van der Waals surface area (Å²) in [5.74, 6) is 0. The molecule has 10 aromatic carbocycles. The summed E-state index contributed by atoms with van der Waals surface area (Å²) in [5, 5.41) is 8.00. The molecule has 2 aliphatic carbocycles. The Balaban J connectivity index is 1.31. The van der Waals surface area contributed by atoms with Gasteiger partial charge in [0.15, 0.2) is 0 Å². The fourth-order valence-corrected chi connectivity index (χ4v) is 14.3. The minimum Gasteiger partial charge on any atom is -0.0616 e. The molecule has 87 heavy (non-hydrogen) atoms. The van der Waals surface area contributed by atoms with Gasteiger partial charge >= 0.3 is 0 Å². The van der Waals surface area contributed by atoms with E-state index in [1.165, 1.54) is 171 Å². The highest BCUT2D eigenvalue weighted by atomic mass is 14.4. The van der Waals surface area contributed by atoms with Gasteiger partial charge in [-0.25, -0.2) is 0 Å². The maximum absolute atomic E-state index is 2.57. The zero-order valence-corrected chi connectivity index (χ0v) is 57.8. The van der Waals surface area contributed by atoms with E-state index in [0.29, 0.717) is 0 Å². The predicted octanol–water partition coefficient (Wildman–Crippen LogP) is 25.8. The van der Waals surface area contributed by atoms with E-state index < -0.39 is 0 Å². The van der Waals surface area contributed by atoms with E-state index in [9.17, 15) is 0 Å². The SMILES string of the molecule is Cc1cccc2c(-c3cc(C(C)(C)C)cc(C(C)(C)C)c3)c3c(c(-c4cc(C(C)(C)C)cc(C(C)(C)C)c4)c12)-c1ccc2c4c(ccc-3c14)-c1c-2c(-c2cc(C(C)(C)C)cc(C(C)(C)C)c2)c2ccccc2c1-c1cc(C(C)(C)C)cc(C(C)(C)C)c1. The fraction of sp³-hybridized carbons (Fsp3) is 0.379. The number of hydrogen-bond acceptors (Lipinski definition) is 0. The van der Waals surface area contributed by atoms with Crippen LogP contribution >= 0.6 is 0 Å². The van der Waals surface area contributed by atoms with Gasteiger partial charge in [-0.1, -0.05) is 306 Å². The van der Waals surface area contributed by atoms with E-state index in [-0.39, 0.29) is 43.3 Å². The number of aryl methyl sites for hydroxylation is 1. The Hall–Kier alpha value is -7.02. The molecule has 12 rings (SSSR count). The molecule has 0 nitrogen and oxygen atoms in total. The molecule has 2 aliphatic rings. The number of benzene rings is 10. The Kier molecular flexibility index (Phi) is 13.5. The van der Waals surface area contributed by atoms with Gasteiger partial charge < -0.3 is 0 Å². The van der Waals surface area contributed by atoms with E-state index in [1.54, 1.807) is 0 Å². The molecule has 10 aromatic rings. The summed E-state index contributed by atoms with van der Waals surface area (Å²) in [6.45, 7) is 59.5. The zero-order valence-electron chi connectivity index (χ0n) is 57.8. The van der Waals surface area contributed by atoms with Crippen molar-refractivity contribution in [3.05, 3.63) is 190 Å². The van der Waals surface area contributed by atoms with Crippen LogP contribution in [-0.4, -0.2) is 0 Å². The quantitative estimate of drug-likeness (QED) is 0.165. The molecule has 0 radical (unpaired) electrons. The van der Waals surface area contributed by atoms with Crippen LogP contribution < -0.4 is 0 Å². The smallest absolute Gasteiger partial charge is 0.000730 e. The second-order valence-electron chi connectivity index (χ2n) is 34.8. The van der Waals surface area contributed by atoms with Crippen molar-refractivity contribution < 1.29 is 0 Å². The van der Waals surface area contributed by atoms with Gasteiger partial charge in [-0.05, 0) is 222 Å². The summed E-state index contributed by atoms with van der Waals surface area (Å²) < 4.78 is 0. The lowest BCUT2D eigenvalue weighted by atomic mass is 9.75. The van der Waals surface area contributed by atoms with Crippen LogP contribution in [0.4, 0.5) is 0 Å². The van der Waals surface area contributed by atoms with Crippen LogP contribution in [0, 0.1) is 6.92 Å². The maximum atomic E-state index is 2.57. The van der Waals surface area contributed by atoms with Crippen molar-refractivity contribution >= 4 is 32.3 Å². The summed E-state index contributed by atoms with van der Waals surface area (Å²) in [7, 11) is 0. The van der Waals surface area contributed by atoms with Crippen LogP contribution in [0.5, 0.6) is 0 Å². The first kappa shape index (κ1) is 60.3. The van der Waals surface area contributed by atoms with Crippen molar-refractivity contribution in [1.29, 1.82) is 0 Å². The lowest BCUT2D eigenvalue weighted by Gasteiger charge is -2.29. The topological polar surface area (TPSA) is 0 Å². The molecular formula is C87H98. The first-order valence-electron chi connectivity index (χ1n) is 32.6. The van der Waals surface area contributed by atoms with Gasteiger partial charge in [0.2, 0.25) is 0 Å². The Morgan fingerprint density at radius 1 is 0.195 bits per heavy atom. The second kappa shape index (κ2) is 19.5. The summed E-state index contributed by atoms with van der Waals surface area (Å²) in [6.07, 6.45) is 0. The van der Waals surface area contributed by atoms with Gasteiger partial charge in [0.25, 0.3) is 0 Å². The van der Waals surface area contributed by atoms with Crippen molar-refractivity contribution in [3.8, 4) is 89.0 Å². The molecule has 0 aliphatic heterocycles. The van der Waals surface area contributed by atoms with E-state index in [2.05, 4.69) is 313 Å². The number of rotatable bonds is 4. The molecule has 0 unspecified atom stereocenters. The molecular weight excluding hydrogens is 1040 g/mol. The molecule has 0 heterocycles. The fourth-order valence-electron chi connectivity index (χ4n) is 14.3. The molecule has 0 amide bonds. The highest BCUT2D eigenvalue weighted by molar-refractivity contribution is 6.35. The van der Waals surface area contributed by atoms with Crippen molar-refractivity contribution in [1.82, 2.24) is 0 Å². The molecule has 0 spiro atoms. The molecule has 0 N–H and O–H groups in total. The highest BCUT2D eigenvalue weighted by Crippen LogP contribution is 2.65. The van der Waals surface area contributed by atoms with Crippen LogP contribution in [0.3, 0.4) is 0 Å². The molecule has 0 atom stereocenters. The lowest BCUT2D eigenvalue weighted by Crippen LogP contribution is -2.17. The summed E-state index contributed by atoms with van der Waals surface area (Å²) >= 11 is 0. The molecule has 446 valence electrons. The van der Waals surface area contributed by atoms with Crippen LogP contribution in [0.2, 0.25) is 0 Å². The average Bonchev–Trinajstić information content (AvgIpc) is 1.53. The van der Waals surface area contributed by atoms with Crippen molar-refractivity contribution in [2.45, 2.75) is 216 Å². The van der Waals surface area contributed by atoms with Gasteiger partial charge in [0.1, 0.15) is 0 Å². The van der Waals surface area contributed by atoms with Crippen molar-refractivity contribution in [2.75, 3.05) is 0 Å². The maximum Gasteiger partial charge on any atom is -0.000730 e. The third-order valence-corrected chi connectivity index (χ3v) is 19.8. The molecule has 0 heteroatoms. The molecule has 0 fully saturated rings. The third kappa shape index (κ3) is 10.0. The average molecular weight is 1140 g/mol. The Labute approximate surface area is 524 Å². The first-order valence-corrected chi connectivity index (χ1v) is 32.6. The van der Waals surface area contributed by atoms with Gasteiger partial charge in [0, 0.05) is 0 Å². The second-order valence-corrected chi connectivity index (χ2v) is 34.8. The Morgan fingerprint density at radius 2 is 0.414 bits per heavy atom. The van der Waals surface area contributed by atoms with Gasteiger partial charge in [-0.2, -0.15) is 0 Å². The molecule has 0 bridgehead atoms. The Morgan fingerprint density at radius 3 is 0.667 bits per heavy atom. The Bertz CT molecular complexity index is 4280. The van der Waals surface area contributed by atoms with Crippen molar-refractivity contribution in [2.24, 2.45) is 0 Å². The van der Waals surface area contributed by atoms with E-state index in [0.717, 1.165) is 0 Å². The van der Waals surface area contributed by atoms with Crippen LogP contribution in [0.1, 0.15) is 216 Å². The third-order valence-electron chi connectivity index (χ3n) is 19.8. The number of hydrogen-bond donors (Lipinski definition) is 0. The summed E-state index contributed by atoms with van der Waals surface area (Å²) in [6, 6.07) is 57.2. The van der Waals surface area contributed by atoms with Crippen LogP contribution in [-0.2, 0) is 43.3 Å². The van der Waals surface area contributed by atoms with Crippen molar-refractivity contribution in [3.63, 3.8) is 0 Å². The lowest BCUT2D eigenvalue weighted by molar-refractivity contribution is 0.568. The van der Waals surface area contributed by atoms with Gasteiger partial charge in [-0.3, -0.25) is 0 Å². The number of fused-ring (bicyclic) bond motifs is 8. The standard InChI is InChI=1S/C87H98/c1-49-29-28-32-64-69(49)73(53-43-60(86(20,21)22)48-61(44-53)87(23,24)25)79-68-36-35-66-74-65(33-34-67(75(68)74)78(79)72(64)52-41-58(84(14,15)16)47-59(42-52)85(17,18)19)76-70(50-37-54(80(2,3)4)45-55(38-50)81(5,6)7)62-30-26-27-31-63(62)71(77(66)76)51-39-56(82(8,9)10)46-57(40-51)83(11,12)13/h26-48H,1-25H3. The van der Waals surface area contributed by atoms with Crippen LogP contribution in [0.25, 0.3) is 121 Å². The summed E-state index contributed by atoms with van der Waals surface area (Å²) in [4.78, 5) is 0. The first-order chi connectivity index (χ1) is 40.1. The van der Waals surface area contributed by atoms with Crippen LogP contribution in [0.15, 0.2) is 140 Å². The predicted molar refractivity (Wildman–Crippen MR) is 384 cm³/mol. The highest BCUT2D eigenvalue weighted by Gasteiger charge is 2.39. The van der Waals surface area contributed by atoms with E-state index in [4.69, 9.17) is 0 Å². The van der Waals surface area contributed by atoms with E-state index >= 15 is 0 Å². The molecule has 0 saturated carbocycles. The normalized spacial score (nSPS) is 13.8. The minimum atomic E-state index is -0.0723. The van der Waals surface area contributed by atoms with Gasteiger partial charge in [-0.15, -0.1) is 0 Å². The monoisotopic (exact) mass is 1140 g/mol. The molecule has 0 saturated heterocycles. The van der Waals surface area contributed by atoms with Gasteiger partial charge in [0.05, 0.1) is 0 Å². The minimum absolute atomic E-state index is 0.0691. The summed E-state index contributed by atoms with van der Waals surface area (Å²) in [5.41, 5.74) is 32.9. The largest absolute Gasteiger partial charge is 0.0616 e. The zero-order chi connectivity index (χ0) is 63.2.